The van der Waals surface area contributed by atoms with E-state index in [4.69, 9.17) is 0 Å². The molecule has 4 rings (SSSR count). The number of likely N-dealkylation sites (tertiary alicyclic amines) is 2. The van der Waals surface area contributed by atoms with E-state index in [-0.39, 0.29) is 5.91 Å². The second-order valence-corrected chi connectivity index (χ2v) is 8.67. The normalized spacial score (nSPS) is 27.2. The summed E-state index contributed by atoms with van der Waals surface area (Å²) in [5.41, 5.74) is 1.74. The second kappa shape index (κ2) is 7.11. The molecular formula is C22H32N2O. The summed E-state index contributed by atoms with van der Waals surface area (Å²) >= 11 is 0. The highest BCUT2D eigenvalue weighted by Crippen LogP contribution is 2.45. The van der Waals surface area contributed by atoms with E-state index in [9.17, 15) is 4.79 Å². The molecular weight excluding hydrogens is 308 g/mol. The predicted molar refractivity (Wildman–Crippen MR) is 101 cm³/mol. The third kappa shape index (κ3) is 3.62. The molecule has 2 saturated heterocycles. The van der Waals surface area contributed by atoms with Crippen molar-refractivity contribution in [2.24, 2.45) is 5.41 Å². The van der Waals surface area contributed by atoms with Gasteiger partial charge < -0.3 is 9.80 Å². The van der Waals surface area contributed by atoms with Crippen molar-refractivity contribution in [1.29, 1.82) is 0 Å². The number of hydrogen-bond acceptors (Lipinski definition) is 2. The van der Waals surface area contributed by atoms with Gasteiger partial charge in [-0.3, -0.25) is 4.79 Å². The van der Waals surface area contributed by atoms with E-state index < -0.39 is 0 Å². The highest BCUT2D eigenvalue weighted by atomic mass is 16.2. The Kier molecular flexibility index (Phi) is 4.86. The van der Waals surface area contributed by atoms with Crippen LogP contribution in [0.1, 0.15) is 57.4 Å². The lowest BCUT2D eigenvalue weighted by Crippen LogP contribution is -2.45. The van der Waals surface area contributed by atoms with Crippen LogP contribution in [0.2, 0.25) is 0 Å². The SMILES string of the molecule is CC(=O)N1CC2(CCN(C3CCCC3)CC2)CC1Cc1ccccc1. The van der Waals surface area contributed by atoms with E-state index in [0.29, 0.717) is 11.5 Å². The topological polar surface area (TPSA) is 23.6 Å². The van der Waals surface area contributed by atoms with Gasteiger partial charge in [0, 0.05) is 25.6 Å². The lowest BCUT2D eigenvalue weighted by molar-refractivity contribution is -0.130. The molecule has 1 aromatic rings. The van der Waals surface area contributed by atoms with E-state index >= 15 is 0 Å². The van der Waals surface area contributed by atoms with Gasteiger partial charge in [-0.1, -0.05) is 43.2 Å². The highest BCUT2D eigenvalue weighted by molar-refractivity contribution is 5.74. The molecule has 1 amide bonds. The lowest BCUT2D eigenvalue weighted by Gasteiger charge is -2.41. The number of hydrogen-bond donors (Lipinski definition) is 0. The second-order valence-electron chi connectivity index (χ2n) is 8.67. The van der Waals surface area contributed by atoms with Gasteiger partial charge in [0.25, 0.3) is 0 Å². The van der Waals surface area contributed by atoms with Crippen molar-refractivity contribution in [1.82, 2.24) is 9.80 Å². The van der Waals surface area contributed by atoms with E-state index in [0.717, 1.165) is 19.0 Å². The fraction of sp³-hybridized carbons (Fsp3) is 0.682. The quantitative estimate of drug-likeness (QED) is 0.834. The van der Waals surface area contributed by atoms with Gasteiger partial charge in [-0.25, -0.2) is 0 Å². The smallest absolute Gasteiger partial charge is 0.219 e. The van der Waals surface area contributed by atoms with Crippen molar-refractivity contribution in [3.8, 4) is 0 Å². The molecule has 3 heteroatoms. The first-order valence-corrected chi connectivity index (χ1v) is 10.2. The molecule has 0 radical (unpaired) electrons. The number of benzene rings is 1. The first kappa shape index (κ1) is 17.1. The molecule has 1 aliphatic carbocycles. The Morgan fingerprint density at radius 2 is 1.80 bits per heavy atom. The van der Waals surface area contributed by atoms with E-state index in [1.165, 1.54) is 63.6 Å². The van der Waals surface area contributed by atoms with Crippen molar-refractivity contribution < 1.29 is 4.79 Å². The molecule has 1 unspecified atom stereocenters. The number of amides is 1. The molecule has 25 heavy (non-hydrogen) atoms. The Labute approximate surface area is 152 Å². The summed E-state index contributed by atoms with van der Waals surface area (Å²) in [5, 5.41) is 0. The molecule has 3 fully saturated rings. The minimum Gasteiger partial charge on any atom is -0.339 e. The van der Waals surface area contributed by atoms with Gasteiger partial charge in [0.15, 0.2) is 0 Å². The maximum atomic E-state index is 12.3. The first-order chi connectivity index (χ1) is 12.2. The first-order valence-electron chi connectivity index (χ1n) is 10.2. The molecule has 1 spiro atoms. The third-order valence-corrected chi connectivity index (χ3v) is 7.03. The Balaban J connectivity index is 1.42. The van der Waals surface area contributed by atoms with Crippen LogP contribution in [0.5, 0.6) is 0 Å². The van der Waals surface area contributed by atoms with E-state index in [1.54, 1.807) is 6.92 Å². The molecule has 3 nitrogen and oxygen atoms in total. The molecule has 3 aliphatic rings. The average molecular weight is 341 g/mol. The highest BCUT2D eigenvalue weighted by Gasteiger charge is 2.46. The number of carbonyl (C=O) groups excluding carboxylic acids is 1. The summed E-state index contributed by atoms with van der Waals surface area (Å²) in [6.07, 6.45) is 10.4. The lowest BCUT2D eigenvalue weighted by atomic mass is 9.76. The zero-order chi connectivity index (χ0) is 17.3. The van der Waals surface area contributed by atoms with Crippen molar-refractivity contribution in [3.63, 3.8) is 0 Å². The number of rotatable bonds is 3. The van der Waals surface area contributed by atoms with Crippen LogP contribution in [-0.4, -0.2) is 47.4 Å². The van der Waals surface area contributed by atoms with E-state index in [2.05, 4.69) is 40.1 Å². The van der Waals surface area contributed by atoms with Crippen LogP contribution in [0, 0.1) is 5.41 Å². The van der Waals surface area contributed by atoms with Crippen LogP contribution >= 0.6 is 0 Å². The van der Waals surface area contributed by atoms with Crippen molar-refractivity contribution in [2.75, 3.05) is 19.6 Å². The molecule has 1 aromatic carbocycles. The molecule has 0 aromatic heterocycles. The van der Waals surface area contributed by atoms with Crippen LogP contribution in [0.3, 0.4) is 0 Å². The van der Waals surface area contributed by atoms with Gasteiger partial charge in [0.1, 0.15) is 0 Å². The molecule has 136 valence electrons. The van der Waals surface area contributed by atoms with Gasteiger partial charge in [-0.15, -0.1) is 0 Å². The van der Waals surface area contributed by atoms with Gasteiger partial charge in [-0.2, -0.15) is 0 Å². The maximum Gasteiger partial charge on any atom is 0.219 e. The van der Waals surface area contributed by atoms with Crippen molar-refractivity contribution in [2.45, 2.75) is 70.4 Å². The monoisotopic (exact) mass is 340 g/mol. The largest absolute Gasteiger partial charge is 0.339 e. The Bertz CT molecular complexity index is 585. The predicted octanol–water partition coefficient (Wildman–Crippen LogP) is 3.87. The van der Waals surface area contributed by atoms with Crippen LogP contribution in [0.25, 0.3) is 0 Å². The summed E-state index contributed by atoms with van der Waals surface area (Å²) < 4.78 is 0. The molecule has 1 saturated carbocycles. The van der Waals surface area contributed by atoms with E-state index in [1.807, 2.05) is 0 Å². The van der Waals surface area contributed by atoms with Gasteiger partial charge in [0.05, 0.1) is 0 Å². The van der Waals surface area contributed by atoms with Gasteiger partial charge in [-0.05, 0) is 62.6 Å². The summed E-state index contributed by atoms with van der Waals surface area (Å²) in [6, 6.07) is 11.9. The maximum absolute atomic E-state index is 12.3. The van der Waals surface area contributed by atoms with Crippen LogP contribution in [0.4, 0.5) is 0 Å². The molecule has 2 aliphatic heterocycles. The zero-order valence-corrected chi connectivity index (χ0v) is 15.6. The summed E-state index contributed by atoms with van der Waals surface area (Å²) in [5.74, 6) is 0.260. The van der Waals surface area contributed by atoms with Crippen LogP contribution in [0.15, 0.2) is 30.3 Å². The Morgan fingerprint density at radius 1 is 1.12 bits per heavy atom. The molecule has 2 heterocycles. The van der Waals surface area contributed by atoms with Crippen LogP contribution in [-0.2, 0) is 11.2 Å². The van der Waals surface area contributed by atoms with Crippen molar-refractivity contribution >= 4 is 5.91 Å². The fourth-order valence-electron chi connectivity index (χ4n) is 5.60. The average Bonchev–Trinajstić information content (AvgIpc) is 3.26. The minimum atomic E-state index is 0.260. The fourth-order valence-corrected chi connectivity index (χ4v) is 5.60. The molecule has 0 bridgehead atoms. The zero-order valence-electron chi connectivity index (χ0n) is 15.6. The standard InChI is InChI=1S/C22H32N2O/c1-18(25)24-17-22(16-21(24)15-19-7-3-2-4-8-19)11-13-23(14-12-22)20-9-5-6-10-20/h2-4,7-8,20-21H,5-6,9-17H2,1H3. The summed E-state index contributed by atoms with van der Waals surface area (Å²) in [6.45, 7) is 5.23. The molecule has 0 N–H and O–H groups in total. The van der Waals surface area contributed by atoms with Gasteiger partial charge >= 0.3 is 0 Å². The van der Waals surface area contributed by atoms with Gasteiger partial charge in [0.2, 0.25) is 5.91 Å². The third-order valence-electron chi connectivity index (χ3n) is 7.03. The number of carbonyl (C=O) groups is 1. The Hall–Kier alpha value is -1.35. The van der Waals surface area contributed by atoms with Crippen LogP contribution < -0.4 is 0 Å². The van der Waals surface area contributed by atoms with Crippen molar-refractivity contribution in [3.05, 3.63) is 35.9 Å². The Morgan fingerprint density at radius 3 is 2.44 bits per heavy atom. The summed E-state index contributed by atoms with van der Waals surface area (Å²) in [4.78, 5) is 17.2. The summed E-state index contributed by atoms with van der Waals surface area (Å²) in [7, 11) is 0. The molecule has 1 atom stereocenters. The number of nitrogens with zero attached hydrogens (tertiary/aromatic N) is 2. The number of piperidine rings is 1. The minimum absolute atomic E-state index is 0.260.